The minimum Gasteiger partial charge on any atom is -0.359 e. The van der Waals surface area contributed by atoms with Gasteiger partial charge in [-0.25, -0.2) is 0 Å². The monoisotopic (exact) mass is 210 g/mol. The average molecular weight is 210 g/mol. The Bertz CT molecular complexity index is 441. The molecule has 0 aliphatic carbocycles. The highest BCUT2D eigenvalue weighted by Crippen LogP contribution is 2.21. The van der Waals surface area contributed by atoms with Crippen LogP contribution in [0.5, 0.6) is 0 Å². The zero-order valence-corrected chi connectivity index (χ0v) is 8.58. The molecule has 0 bridgehead atoms. The van der Waals surface area contributed by atoms with Crippen LogP contribution in [0.15, 0.2) is 27.7 Å². The number of aromatic nitrogens is 2. The van der Waals surface area contributed by atoms with Crippen molar-refractivity contribution in [2.45, 2.75) is 18.2 Å². The van der Waals surface area contributed by atoms with Gasteiger partial charge in [0.1, 0.15) is 0 Å². The molecule has 0 aliphatic rings. The van der Waals surface area contributed by atoms with Crippen molar-refractivity contribution in [3.8, 4) is 0 Å². The second-order valence-corrected chi connectivity index (χ2v) is 4.10. The first-order valence-corrected chi connectivity index (χ1v) is 5.42. The van der Waals surface area contributed by atoms with Crippen LogP contribution in [0.4, 0.5) is 0 Å². The number of hydrogen-bond donors (Lipinski definition) is 0. The standard InChI is InChI=1S/C9H10N2O2S/c1-2-5-14-7-3-4-8-9(6-7)11(12)13-10-8/h3-4,6H,2,5H2,1H3. The smallest absolute Gasteiger partial charge is 0.248 e. The van der Waals surface area contributed by atoms with Gasteiger partial charge >= 0.3 is 0 Å². The Morgan fingerprint density at radius 2 is 2.43 bits per heavy atom. The third-order valence-corrected chi connectivity index (χ3v) is 3.03. The summed E-state index contributed by atoms with van der Waals surface area (Å²) in [5.41, 5.74) is 1.09. The van der Waals surface area contributed by atoms with E-state index in [9.17, 15) is 5.21 Å². The summed E-state index contributed by atoms with van der Waals surface area (Å²) in [7, 11) is 0. The van der Waals surface area contributed by atoms with Crippen molar-refractivity contribution in [1.82, 2.24) is 5.16 Å². The number of thioether (sulfide) groups is 1. The Kier molecular flexibility index (Phi) is 2.58. The molecule has 0 aliphatic heterocycles. The lowest BCUT2D eigenvalue weighted by molar-refractivity contribution is -0.782. The van der Waals surface area contributed by atoms with E-state index in [1.54, 1.807) is 23.9 Å². The van der Waals surface area contributed by atoms with Crippen molar-refractivity contribution >= 4 is 22.8 Å². The quantitative estimate of drug-likeness (QED) is 0.574. The van der Waals surface area contributed by atoms with Gasteiger partial charge in [0.2, 0.25) is 11.0 Å². The van der Waals surface area contributed by atoms with E-state index < -0.39 is 0 Å². The molecule has 0 amide bonds. The van der Waals surface area contributed by atoms with E-state index in [2.05, 4.69) is 16.7 Å². The van der Waals surface area contributed by atoms with Gasteiger partial charge in [-0.2, -0.15) is 0 Å². The van der Waals surface area contributed by atoms with Crippen LogP contribution >= 0.6 is 11.8 Å². The number of nitrogens with zero attached hydrogens (tertiary/aromatic N) is 2. The number of benzene rings is 1. The highest BCUT2D eigenvalue weighted by atomic mass is 32.2. The highest BCUT2D eigenvalue weighted by molar-refractivity contribution is 7.99. The molecule has 14 heavy (non-hydrogen) atoms. The summed E-state index contributed by atoms with van der Waals surface area (Å²) in [6, 6.07) is 5.55. The van der Waals surface area contributed by atoms with E-state index in [1.165, 1.54) is 0 Å². The molecule has 1 heterocycles. The zero-order valence-electron chi connectivity index (χ0n) is 7.77. The molecule has 0 N–H and O–H groups in total. The molecular formula is C9H10N2O2S. The molecule has 1 aromatic carbocycles. The van der Waals surface area contributed by atoms with E-state index in [0.29, 0.717) is 15.9 Å². The van der Waals surface area contributed by atoms with Gasteiger partial charge < -0.3 is 5.21 Å². The summed E-state index contributed by atoms with van der Waals surface area (Å²) < 4.78 is 4.48. The van der Waals surface area contributed by atoms with Gasteiger partial charge in [0.25, 0.3) is 0 Å². The Balaban J connectivity index is 2.34. The van der Waals surface area contributed by atoms with Crippen molar-refractivity contribution in [2.75, 3.05) is 5.75 Å². The summed E-state index contributed by atoms with van der Waals surface area (Å²) in [4.78, 5) is 1.51. The van der Waals surface area contributed by atoms with E-state index in [-0.39, 0.29) is 0 Å². The summed E-state index contributed by atoms with van der Waals surface area (Å²) >= 11 is 1.73. The predicted octanol–water partition coefficient (Wildman–Crippen LogP) is 1.96. The normalized spacial score (nSPS) is 10.9. The first kappa shape index (κ1) is 9.33. The van der Waals surface area contributed by atoms with E-state index in [1.807, 2.05) is 6.07 Å². The molecule has 5 heteroatoms. The van der Waals surface area contributed by atoms with Crippen molar-refractivity contribution in [3.63, 3.8) is 0 Å². The Hall–Kier alpha value is -1.23. The molecule has 0 atom stereocenters. The molecule has 2 rings (SSSR count). The number of hydrogen-bond acceptors (Lipinski definition) is 4. The van der Waals surface area contributed by atoms with Crippen molar-refractivity contribution in [1.29, 1.82) is 0 Å². The van der Waals surface area contributed by atoms with Crippen LogP contribution in [0.1, 0.15) is 13.3 Å². The summed E-state index contributed by atoms with van der Waals surface area (Å²) in [5.74, 6) is 1.05. The van der Waals surface area contributed by atoms with Crippen LogP contribution in [-0.2, 0) is 0 Å². The van der Waals surface area contributed by atoms with Gasteiger partial charge in [0, 0.05) is 16.1 Å². The second-order valence-electron chi connectivity index (χ2n) is 2.93. The topological polar surface area (TPSA) is 53.0 Å². The van der Waals surface area contributed by atoms with Gasteiger partial charge in [0.15, 0.2) is 0 Å². The number of fused-ring (bicyclic) bond motifs is 1. The summed E-state index contributed by atoms with van der Waals surface area (Å²) in [6.07, 6.45) is 1.11. The van der Waals surface area contributed by atoms with Crippen molar-refractivity contribution in [3.05, 3.63) is 23.4 Å². The molecule has 1 aromatic heterocycles. The van der Waals surface area contributed by atoms with Crippen LogP contribution < -0.4 is 4.90 Å². The van der Waals surface area contributed by atoms with E-state index in [4.69, 9.17) is 0 Å². The van der Waals surface area contributed by atoms with Gasteiger partial charge in [-0.3, -0.25) is 4.63 Å². The average Bonchev–Trinajstić information content (AvgIpc) is 2.57. The molecule has 2 aromatic rings. The maximum Gasteiger partial charge on any atom is 0.248 e. The zero-order chi connectivity index (χ0) is 9.97. The lowest BCUT2D eigenvalue weighted by Crippen LogP contribution is -2.22. The molecule has 0 unspecified atom stereocenters. The largest absolute Gasteiger partial charge is 0.359 e. The van der Waals surface area contributed by atoms with Gasteiger partial charge in [-0.1, -0.05) is 6.92 Å². The fourth-order valence-corrected chi connectivity index (χ4v) is 1.96. The lowest BCUT2D eigenvalue weighted by Gasteiger charge is -1.96. The Morgan fingerprint density at radius 1 is 1.57 bits per heavy atom. The van der Waals surface area contributed by atoms with E-state index in [0.717, 1.165) is 17.1 Å². The lowest BCUT2D eigenvalue weighted by atomic mass is 10.3. The highest BCUT2D eigenvalue weighted by Gasteiger charge is 2.09. The predicted molar refractivity (Wildman–Crippen MR) is 54.0 cm³/mol. The third kappa shape index (κ3) is 1.68. The maximum absolute atomic E-state index is 11.1. The second kappa shape index (κ2) is 3.88. The molecule has 0 radical (unpaired) electrons. The molecule has 4 nitrogen and oxygen atoms in total. The minimum atomic E-state index is 0.436. The fraction of sp³-hybridized carbons (Fsp3) is 0.333. The minimum absolute atomic E-state index is 0.436. The van der Waals surface area contributed by atoms with Crippen LogP contribution in [0.2, 0.25) is 0 Å². The fourth-order valence-electron chi connectivity index (χ4n) is 1.16. The Morgan fingerprint density at radius 3 is 3.21 bits per heavy atom. The molecular weight excluding hydrogens is 200 g/mol. The van der Waals surface area contributed by atoms with Gasteiger partial charge in [-0.15, -0.1) is 11.8 Å². The maximum atomic E-state index is 11.1. The number of rotatable bonds is 3. The summed E-state index contributed by atoms with van der Waals surface area (Å²) in [5, 5.41) is 14.7. The SMILES string of the molecule is CCCSc1ccc2no[n+]([O-])c2c1. The van der Waals surface area contributed by atoms with Crippen LogP contribution in [0.25, 0.3) is 11.0 Å². The third-order valence-electron chi connectivity index (χ3n) is 1.83. The first-order chi connectivity index (χ1) is 6.81. The van der Waals surface area contributed by atoms with Gasteiger partial charge in [0.05, 0.1) is 0 Å². The molecule has 0 saturated carbocycles. The molecule has 74 valence electrons. The van der Waals surface area contributed by atoms with Crippen LogP contribution in [0.3, 0.4) is 0 Å². The summed E-state index contributed by atoms with van der Waals surface area (Å²) in [6.45, 7) is 2.12. The van der Waals surface area contributed by atoms with E-state index >= 15 is 0 Å². The Labute approximate surface area is 85.4 Å². The van der Waals surface area contributed by atoms with Crippen molar-refractivity contribution in [2.24, 2.45) is 0 Å². The first-order valence-electron chi connectivity index (χ1n) is 4.43. The van der Waals surface area contributed by atoms with Crippen LogP contribution in [0, 0.1) is 5.21 Å². The molecule has 0 fully saturated rings. The van der Waals surface area contributed by atoms with Crippen LogP contribution in [-0.4, -0.2) is 10.9 Å². The van der Waals surface area contributed by atoms with Crippen molar-refractivity contribution < 1.29 is 9.53 Å². The van der Waals surface area contributed by atoms with Gasteiger partial charge in [-0.05, 0) is 29.2 Å². The molecule has 0 saturated heterocycles. The molecule has 0 spiro atoms.